The van der Waals surface area contributed by atoms with Gasteiger partial charge in [0, 0.05) is 38.6 Å². The molecule has 2 aromatic heterocycles. The van der Waals surface area contributed by atoms with Crippen LogP contribution in [-0.4, -0.2) is 44.0 Å². The summed E-state index contributed by atoms with van der Waals surface area (Å²) < 4.78 is 2.78. The Kier molecular flexibility index (Phi) is 17.5. The topological polar surface area (TPSA) is 168 Å². The zero-order valence-electron chi connectivity index (χ0n) is 26.6. The molecule has 0 aliphatic rings. The van der Waals surface area contributed by atoms with Gasteiger partial charge in [-0.25, -0.2) is 9.59 Å². The third-order valence-corrected chi connectivity index (χ3v) is 7.69. The summed E-state index contributed by atoms with van der Waals surface area (Å²) in [5.41, 5.74) is -2.56. The lowest BCUT2D eigenvalue weighted by atomic mass is 10.1. The van der Waals surface area contributed by atoms with Gasteiger partial charge in [-0.3, -0.25) is 38.3 Å². The highest BCUT2D eigenvalue weighted by Crippen LogP contribution is 2.07. The SMILES string of the molecule is CCCCCCCCn1cc(C(=O)NCCCCCCNC(=O)c2cn(CCCCCCCC)c(=O)[nH]c2=O)c(=O)[nH]c1=O. The predicted octanol–water partition coefficient (Wildman–Crippen LogP) is 3.83. The Morgan fingerprint density at radius 3 is 1.27 bits per heavy atom. The maximum Gasteiger partial charge on any atom is 0.328 e. The second-order valence-electron chi connectivity index (χ2n) is 11.5. The lowest BCUT2D eigenvalue weighted by Gasteiger charge is -2.09. The summed E-state index contributed by atoms with van der Waals surface area (Å²) in [5.74, 6) is -1.03. The van der Waals surface area contributed by atoms with Gasteiger partial charge < -0.3 is 10.6 Å². The summed E-state index contributed by atoms with van der Waals surface area (Å²) in [5, 5.41) is 5.48. The van der Waals surface area contributed by atoms with Crippen LogP contribution in [0.1, 0.15) is 137 Å². The van der Waals surface area contributed by atoms with Crippen molar-refractivity contribution in [1.82, 2.24) is 29.7 Å². The summed E-state index contributed by atoms with van der Waals surface area (Å²) in [6.45, 7) is 5.97. The number of aromatic nitrogens is 4. The number of rotatable bonds is 23. The molecule has 0 spiro atoms. The first kappa shape index (κ1) is 36.5. The van der Waals surface area contributed by atoms with E-state index in [1.807, 2.05) is 0 Å². The first-order valence-electron chi connectivity index (χ1n) is 16.5. The van der Waals surface area contributed by atoms with E-state index in [4.69, 9.17) is 0 Å². The molecule has 12 heteroatoms. The molecule has 2 aromatic rings. The van der Waals surface area contributed by atoms with Crippen LogP contribution in [0.3, 0.4) is 0 Å². The zero-order valence-corrected chi connectivity index (χ0v) is 26.6. The molecule has 0 aromatic carbocycles. The highest BCUT2D eigenvalue weighted by molar-refractivity contribution is 5.93. The summed E-state index contributed by atoms with van der Waals surface area (Å²) in [7, 11) is 0. The van der Waals surface area contributed by atoms with Crippen LogP contribution in [0.2, 0.25) is 0 Å². The maximum absolute atomic E-state index is 12.6. The van der Waals surface area contributed by atoms with Crippen LogP contribution in [-0.2, 0) is 13.1 Å². The van der Waals surface area contributed by atoms with Crippen molar-refractivity contribution in [3.63, 3.8) is 0 Å². The van der Waals surface area contributed by atoms with E-state index in [1.54, 1.807) is 0 Å². The van der Waals surface area contributed by atoms with E-state index in [0.29, 0.717) is 39.0 Å². The van der Waals surface area contributed by atoms with Crippen LogP contribution in [0.15, 0.2) is 31.6 Å². The number of aromatic amines is 2. The fraction of sp³-hybridized carbons (Fsp3) is 0.688. The molecule has 0 atom stereocenters. The lowest BCUT2D eigenvalue weighted by Crippen LogP contribution is -2.37. The number of hydrogen-bond acceptors (Lipinski definition) is 6. The molecule has 0 aliphatic carbocycles. The molecule has 2 heterocycles. The first-order chi connectivity index (χ1) is 21.3. The van der Waals surface area contributed by atoms with Crippen molar-refractivity contribution < 1.29 is 9.59 Å². The Balaban J connectivity index is 1.68. The van der Waals surface area contributed by atoms with Gasteiger partial charge in [-0.1, -0.05) is 90.9 Å². The number of amides is 2. The average molecular weight is 617 g/mol. The Hall–Kier alpha value is -3.70. The summed E-state index contributed by atoms with van der Waals surface area (Å²) >= 11 is 0. The zero-order chi connectivity index (χ0) is 32.2. The molecule has 0 bridgehead atoms. The predicted molar refractivity (Wildman–Crippen MR) is 173 cm³/mol. The third-order valence-electron chi connectivity index (χ3n) is 7.69. The molecular formula is C32H52N6O6. The van der Waals surface area contributed by atoms with Crippen molar-refractivity contribution in [2.75, 3.05) is 13.1 Å². The van der Waals surface area contributed by atoms with Crippen molar-refractivity contribution >= 4 is 11.8 Å². The van der Waals surface area contributed by atoms with Gasteiger partial charge in [0.2, 0.25) is 0 Å². The minimum atomic E-state index is -0.695. The van der Waals surface area contributed by atoms with Crippen molar-refractivity contribution in [1.29, 1.82) is 0 Å². The maximum atomic E-state index is 12.6. The van der Waals surface area contributed by atoms with Gasteiger partial charge in [0.05, 0.1) is 0 Å². The average Bonchev–Trinajstić information content (AvgIpc) is 2.99. The summed E-state index contributed by atoms with van der Waals surface area (Å²) in [4.78, 5) is 78.2. The molecule has 0 radical (unpaired) electrons. The smallest absolute Gasteiger partial charge is 0.328 e. The molecule has 246 valence electrons. The Labute approximate surface area is 259 Å². The fourth-order valence-electron chi connectivity index (χ4n) is 5.00. The van der Waals surface area contributed by atoms with E-state index in [0.717, 1.165) is 64.2 Å². The molecular weight excluding hydrogens is 564 g/mol. The van der Waals surface area contributed by atoms with E-state index >= 15 is 0 Å². The molecule has 44 heavy (non-hydrogen) atoms. The van der Waals surface area contributed by atoms with E-state index in [9.17, 15) is 28.8 Å². The van der Waals surface area contributed by atoms with Crippen LogP contribution < -0.4 is 33.1 Å². The van der Waals surface area contributed by atoms with Crippen LogP contribution in [0.4, 0.5) is 0 Å². The van der Waals surface area contributed by atoms with Gasteiger partial charge in [-0.15, -0.1) is 0 Å². The van der Waals surface area contributed by atoms with Crippen molar-refractivity contribution in [3.8, 4) is 0 Å². The van der Waals surface area contributed by atoms with Crippen LogP contribution >= 0.6 is 0 Å². The summed E-state index contributed by atoms with van der Waals surface area (Å²) in [6.07, 6.45) is 18.5. The number of H-pyrrole nitrogens is 2. The minimum absolute atomic E-state index is 0.0772. The molecule has 0 unspecified atom stereocenters. The van der Waals surface area contributed by atoms with E-state index in [-0.39, 0.29) is 11.1 Å². The lowest BCUT2D eigenvalue weighted by molar-refractivity contribution is 0.0940. The second-order valence-corrected chi connectivity index (χ2v) is 11.5. The summed E-state index contributed by atoms with van der Waals surface area (Å²) in [6, 6.07) is 0. The van der Waals surface area contributed by atoms with Crippen molar-refractivity contribution in [2.45, 2.75) is 130 Å². The number of nitrogens with zero attached hydrogens (tertiary/aromatic N) is 2. The highest BCUT2D eigenvalue weighted by Gasteiger charge is 2.14. The minimum Gasteiger partial charge on any atom is -0.352 e. The number of carbonyl (C=O) groups excluding carboxylic acids is 2. The van der Waals surface area contributed by atoms with E-state index in [2.05, 4.69) is 34.4 Å². The number of hydrogen-bond donors (Lipinski definition) is 4. The standard InChI is InChI=1S/C32H52N6O6/c1-3-5-7-9-13-17-21-37-23-25(29(41)35-31(37)43)27(39)33-19-15-11-12-16-20-34-28(40)26-24-38(32(44)36-30(26)42)22-18-14-10-8-6-4-2/h23-24H,3-22H2,1-2H3,(H,33,39)(H,34,40)(H,35,41,43)(H,36,42,44). The molecule has 2 amide bonds. The monoisotopic (exact) mass is 616 g/mol. The van der Waals surface area contributed by atoms with Gasteiger partial charge in [-0.2, -0.15) is 0 Å². The number of aryl methyl sites for hydroxylation is 2. The largest absolute Gasteiger partial charge is 0.352 e. The highest BCUT2D eigenvalue weighted by atomic mass is 16.2. The van der Waals surface area contributed by atoms with Gasteiger partial charge in [0.25, 0.3) is 22.9 Å². The normalized spacial score (nSPS) is 11.0. The van der Waals surface area contributed by atoms with Crippen LogP contribution in [0.5, 0.6) is 0 Å². The molecule has 0 saturated carbocycles. The second kappa shape index (κ2) is 21.1. The Morgan fingerprint density at radius 2 is 0.886 bits per heavy atom. The molecule has 2 rings (SSSR count). The Bertz CT molecular complexity index is 1280. The van der Waals surface area contributed by atoms with Crippen LogP contribution in [0.25, 0.3) is 0 Å². The van der Waals surface area contributed by atoms with E-state index < -0.39 is 34.3 Å². The Morgan fingerprint density at radius 1 is 0.545 bits per heavy atom. The van der Waals surface area contributed by atoms with Crippen molar-refractivity contribution in [2.24, 2.45) is 0 Å². The van der Waals surface area contributed by atoms with Gasteiger partial charge in [-0.05, 0) is 25.7 Å². The van der Waals surface area contributed by atoms with E-state index in [1.165, 1.54) is 47.2 Å². The molecule has 0 saturated heterocycles. The first-order valence-corrected chi connectivity index (χ1v) is 16.5. The number of carbonyl (C=O) groups is 2. The number of unbranched alkanes of at least 4 members (excludes halogenated alkanes) is 13. The number of nitrogens with one attached hydrogen (secondary N) is 4. The molecule has 0 fully saturated rings. The van der Waals surface area contributed by atoms with Crippen molar-refractivity contribution in [3.05, 3.63) is 65.2 Å². The van der Waals surface area contributed by atoms with Gasteiger partial charge >= 0.3 is 11.4 Å². The van der Waals surface area contributed by atoms with Crippen LogP contribution in [0, 0.1) is 0 Å². The fourth-order valence-corrected chi connectivity index (χ4v) is 5.00. The third kappa shape index (κ3) is 13.3. The molecule has 4 N–H and O–H groups in total. The molecule has 0 aliphatic heterocycles. The quantitative estimate of drug-likeness (QED) is 0.138. The van der Waals surface area contributed by atoms with Gasteiger partial charge in [0.1, 0.15) is 11.1 Å². The molecule has 12 nitrogen and oxygen atoms in total. The van der Waals surface area contributed by atoms with Gasteiger partial charge in [0.15, 0.2) is 0 Å².